The van der Waals surface area contributed by atoms with Crippen LogP contribution in [0.4, 0.5) is 0 Å². The number of hydrogen-bond donors (Lipinski definition) is 2. The monoisotopic (exact) mass is 278 g/mol. The maximum atomic E-state index is 11.5. The molecule has 4 heteroatoms. The zero-order valence-corrected chi connectivity index (χ0v) is 12.7. The second kappa shape index (κ2) is 9.37. The molecule has 0 aliphatic heterocycles. The lowest BCUT2D eigenvalue weighted by Gasteiger charge is -2.08. The van der Waals surface area contributed by atoms with E-state index in [1.807, 2.05) is 12.1 Å². The van der Waals surface area contributed by atoms with Crippen LogP contribution in [0.15, 0.2) is 24.3 Å². The summed E-state index contributed by atoms with van der Waals surface area (Å²) in [6.07, 6.45) is 1.49. The Morgan fingerprint density at radius 3 is 2.50 bits per heavy atom. The molecular formula is C16H26N2O2. The molecule has 0 fully saturated rings. The third-order valence-corrected chi connectivity index (χ3v) is 2.99. The van der Waals surface area contributed by atoms with Gasteiger partial charge in [0.05, 0.1) is 7.11 Å². The normalized spacial score (nSPS) is 10.6. The molecule has 1 amide bonds. The van der Waals surface area contributed by atoms with Gasteiger partial charge in [-0.05, 0) is 36.6 Å². The fraction of sp³-hybridized carbons (Fsp3) is 0.562. The number of carbonyl (C=O) groups is 1. The Bertz CT molecular complexity index is 388. The van der Waals surface area contributed by atoms with Crippen molar-refractivity contribution in [2.75, 3.05) is 26.7 Å². The molecular weight excluding hydrogens is 252 g/mol. The fourth-order valence-electron chi connectivity index (χ4n) is 1.76. The average Bonchev–Trinajstić information content (AvgIpc) is 2.45. The first-order valence-corrected chi connectivity index (χ1v) is 7.22. The zero-order chi connectivity index (χ0) is 14.8. The number of methoxy groups -OCH3 is 1. The van der Waals surface area contributed by atoms with Crippen molar-refractivity contribution >= 4 is 5.91 Å². The summed E-state index contributed by atoms with van der Waals surface area (Å²) >= 11 is 0. The molecule has 0 aromatic heterocycles. The summed E-state index contributed by atoms with van der Waals surface area (Å²) in [6.45, 7) is 6.54. The summed E-state index contributed by atoms with van der Waals surface area (Å²) in [5.41, 5.74) is 1.27. The molecule has 20 heavy (non-hydrogen) atoms. The van der Waals surface area contributed by atoms with Gasteiger partial charge in [0.15, 0.2) is 0 Å². The molecule has 0 saturated heterocycles. The Morgan fingerprint density at radius 2 is 1.90 bits per heavy atom. The summed E-state index contributed by atoms with van der Waals surface area (Å²) in [6, 6.07) is 8.06. The van der Waals surface area contributed by atoms with E-state index in [0.717, 1.165) is 31.8 Å². The van der Waals surface area contributed by atoms with Crippen LogP contribution < -0.4 is 15.4 Å². The van der Waals surface area contributed by atoms with Crippen molar-refractivity contribution in [1.82, 2.24) is 10.6 Å². The van der Waals surface area contributed by atoms with Crippen molar-refractivity contribution in [3.05, 3.63) is 29.8 Å². The topological polar surface area (TPSA) is 50.4 Å². The Balaban J connectivity index is 2.08. The second-order valence-corrected chi connectivity index (χ2v) is 5.30. The van der Waals surface area contributed by atoms with Gasteiger partial charge in [0.2, 0.25) is 5.91 Å². The highest BCUT2D eigenvalue weighted by atomic mass is 16.5. The van der Waals surface area contributed by atoms with E-state index in [4.69, 9.17) is 4.74 Å². The Hall–Kier alpha value is -1.55. The first-order valence-electron chi connectivity index (χ1n) is 7.22. The number of ether oxygens (including phenoxy) is 1. The van der Waals surface area contributed by atoms with Crippen LogP contribution in [0.25, 0.3) is 0 Å². The molecule has 0 unspecified atom stereocenters. The van der Waals surface area contributed by atoms with Gasteiger partial charge in [0.1, 0.15) is 5.75 Å². The molecule has 0 heterocycles. The summed E-state index contributed by atoms with van der Waals surface area (Å²) < 4.78 is 5.12. The van der Waals surface area contributed by atoms with Gasteiger partial charge in [-0.3, -0.25) is 4.79 Å². The number of rotatable bonds is 9. The van der Waals surface area contributed by atoms with Crippen molar-refractivity contribution in [3.8, 4) is 5.75 Å². The van der Waals surface area contributed by atoms with Gasteiger partial charge in [-0.25, -0.2) is 0 Å². The molecule has 0 saturated carbocycles. The first-order chi connectivity index (χ1) is 9.61. The number of benzene rings is 1. The average molecular weight is 278 g/mol. The molecule has 2 N–H and O–H groups in total. The largest absolute Gasteiger partial charge is 0.497 e. The molecule has 4 nitrogen and oxygen atoms in total. The lowest BCUT2D eigenvalue weighted by molar-refractivity contribution is -0.121. The van der Waals surface area contributed by atoms with E-state index in [1.54, 1.807) is 7.11 Å². The van der Waals surface area contributed by atoms with Crippen LogP contribution in [-0.2, 0) is 11.2 Å². The van der Waals surface area contributed by atoms with Gasteiger partial charge in [0.25, 0.3) is 0 Å². The predicted octanol–water partition coefficient (Wildman–Crippen LogP) is 1.99. The van der Waals surface area contributed by atoms with Gasteiger partial charge < -0.3 is 15.4 Å². The lowest BCUT2D eigenvalue weighted by atomic mass is 10.1. The minimum absolute atomic E-state index is 0.121. The second-order valence-electron chi connectivity index (χ2n) is 5.30. The van der Waals surface area contributed by atoms with Crippen LogP contribution in [0, 0.1) is 5.92 Å². The summed E-state index contributed by atoms with van der Waals surface area (Å²) in [4.78, 5) is 11.5. The van der Waals surface area contributed by atoms with E-state index in [2.05, 4.69) is 36.6 Å². The number of hydrogen-bond acceptors (Lipinski definition) is 3. The molecule has 112 valence electrons. The van der Waals surface area contributed by atoms with Crippen LogP contribution in [0.3, 0.4) is 0 Å². The van der Waals surface area contributed by atoms with Crippen LogP contribution >= 0.6 is 0 Å². The molecule has 1 rings (SSSR count). The van der Waals surface area contributed by atoms with Crippen LogP contribution in [0.1, 0.15) is 25.8 Å². The van der Waals surface area contributed by atoms with Crippen molar-refractivity contribution in [1.29, 1.82) is 0 Å². The maximum Gasteiger partial charge on any atom is 0.221 e. The SMILES string of the molecule is COc1ccc(CCNCCC(=O)NCC(C)C)cc1. The molecule has 0 spiro atoms. The predicted molar refractivity (Wildman–Crippen MR) is 82.0 cm³/mol. The Morgan fingerprint density at radius 1 is 1.20 bits per heavy atom. The first kappa shape index (κ1) is 16.5. The van der Waals surface area contributed by atoms with E-state index in [-0.39, 0.29) is 5.91 Å². The summed E-state index contributed by atoms with van der Waals surface area (Å²) in [7, 11) is 1.67. The molecule has 1 aromatic rings. The number of amides is 1. The maximum absolute atomic E-state index is 11.5. The molecule has 0 bridgehead atoms. The van der Waals surface area contributed by atoms with Gasteiger partial charge >= 0.3 is 0 Å². The molecule has 0 aliphatic carbocycles. The number of carbonyl (C=O) groups excluding carboxylic acids is 1. The van der Waals surface area contributed by atoms with Crippen molar-refractivity contribution in [3.63, 3.8) is 0 Å². The molecule has 0 aliphatic rings. The quantitative estimate of drug-likeness (QED) is 0.679. The van der Waals surface area contributed by atoms with Crippen LogP contribution in [0.2, 0.25) is 0 Å². The Kier molecular flexibility index (Phi) is 7.73. The highest BCUT2D eigenvalue weighted by Crippen LogP contribution is 2.11. The standard InChI is InChI=1S/C16H26N2O2/c1-13(2)12-18-16(19)9-11-17-10-8-14-4-6-15(20-3)7-5-14/h4-7,13,17H,8-12H2,1-3H3,(H,18,19). The van der Waals surface area contributed by atoms with E-state index in [0.29, 0.717) is 12.3 Å². The minimum Gasteiger partial charge on any atom is -0.497 e. The smallest absolute Gasteiger partial charge is 0.221 e. The molecule has 1 aromatic carbocycles. The van der Waals surface area contributed by atoms with Gasteiger partial charge in [0, 0.05) is 19.5 Å². The molecule has 0 radical (unpaired) electrons. The van der Waals surface area contributed by atoms with Gasteiger partial charge in [-0.1, -0.05) is 26.0 Å². The van der Waals surface area contributed by atoms with Gasteiger partial charge in [-0.15, -0.1) is 0 Å². The van der Waals surface area contributed by atoms with E-state index < -0.39 is 0 Å². The number of nitrogens with one attached hydrogen (secondary N) is 2. The van der Waals surface area contributed by atoms with Crippen LogP contribution in [-0.4, -0.2) is 32.7 Å². The third-order valence-electron chi connectivity index (χ3n) is 2.99. The third kappa shape index (κ3) is 7.14. The van der Waals surface area contributed by atoms with Crippen molar-refractivity contribution in [2.45, 2.75) is 26.7 Å². The van der Waals surface area contributed by atoms with Gasteiger partial charge in [-0.2, -0.15) is 0 Å². The molecule has 0 atom stereocenters. The zero-order valence-electron chi connectivity index (χ0n) is 12.7. The van der Waals surface area contributed by atoms with Crippen LogP contribution in [0.5, 0.6) is 5.75 Å². The van der Waals surface area contributed by atoms with Crippen molar-refractivity contribution in [2.24, 2.45) is 5.92 Å². The summed E-state index contributed by atoms with van der Waals surface area (Å²) in [5, 5.41) is 6.20. The fourth-order valence-corrected chi connectivity index (χ4v) is 1.76. The van der Waals surface area contributed by atoms with E-state index >= 15 is 0 Å². The van der Waals surface area contributed by atoms with E-state index in [1.165, 1.54) is 5.56 Å². The summed E-state index contributed by atoms with van der Waals surface area (Å²) in [5.74, 6) is 1.50. The Labute approximate surface area is 121 Å². The highest BCUT2D eigenvalue weighted by molar-refractivity contribution is 5.76. The van der Waals surface area contributed by atoms with Crippen molar-refractivity contribution < 1.29 is 9.53 Å². The lowest BCUT2D eigenvalue weighted by Crippen LogP contribution is -2.30. The van der Waals surface area contributed by atoms with E-state index in [9.17, 15) is 4.79 Å². The minimum atomic E-state index is 0.121. The highest BCUT2D eigenvalue weighted by Gasteiger charge is 2.01.